The van der Waals surface area contributed by atoms with Gasteiger partial charge in [0.15, 0.2) is 0 Å². The van der Waals surface area contributed by atoms with Crippen molar-refractivity contribution in [3.05, 3.63) is 39.4 Å². The molecular weight excluding hydrogens is 262 g/mol. The van der Waals surface area contributed by atoms with Crippen LogP contribution in [0.15, 0.2) is 24.3 Å². The summed E-state index contributed by atoms with van der Waals surface area (Å²) in [5, 5.41) is 0. The predicted octanol–water partition coefficient (Wildman–Crippen LogP) is 3.64. The molecule has 18 heavy (non-hydrogen) atoms. The Morgan fingerprint density at radius 2 is 1.39 bits per heavy atom. The summed E-state index contributed by atoms with van der Waals surface area (Å²) < 4.78 is 7.87. The molecule has 1 aromatic heterocycles. The summed E-state index contributed by atoms with van der Waals surface area (Å²) in [6.45, 7) is 4.03. The number of benzene rings is 1. The largest absolute Gasteiger partial charge is 0.261 e. The molecule has 3 rings (SSSR count). The highest BCUT2D eigenvalue weighted by Crippen LogP contribution is 2.17. The predicted molar refractivity (Wildman–Crippen MR) is 77.4 cm³/mol. The molecule has 0 aliphatic carbocycles. The van der Waals surface area contributed by atoms with Crippen LogP contribution in [0.5, 0.6) is 0 Å². The highest BCUT2D eigenvalue weighted by molar-refractivity contribution is 7.72. The van der Waals surface area contributed by atoms with E-state index < -0.39 is 0 Å². The van der Waals surface area contributed by atoms with E-state index in [0.29, 0.717) is 0 Å². The van der Waals surface area contributed by atoms with Crippen LogP contribution in [0.2, 0.25) is 0 Å². The Hall–Kier alpha value is -1.20. The molecule has 2 heterocycles. The summed E-state index contributed by atoms with van der Waals surface area (Å²) in [6, 6.07) is 8.33. The van der Waals surface area contributed by atoms with E-state index in [9.17, 15) is 0 Å². The molecule has 0 bridgehead atoms. The molecule has 0 radical (unpaired) electrons. The van der Waals surface area contributed by atoms with Gasteiger partial charge in [-0.2, -0.15) is 0 Å². The molecule has 94 valence electrons. The molecule has 2 aromatic rings. The monoisotopic (exact) mass is 277 g/mol. The van der Waals surface area contributed by atoms with Crippen molar-refractivity contribution in [1.29, 1.82) is 0 Å². The van der Waals surface area contributed by atoms with Gasteiger partial charge in [-0.05, 0) is 56.3 Å². The van der Waals surface area contributed by atoms with Crippen LogP contribution in [0.1, 0.15) is 18.4 Å². The quantitative estimate of drug-likeness (QED) is 0.739. The summed E-state index contributed by atoms with van der Waals surface area (Å²) in [4.78, 5) is 0. The van der Waals surface area contributed by atoms with E-state index in [1.54, 1.807) is 0 Å². The first-order valence-corrected chi connectivity index (χ1v) is 7.00. The van der Waals surface area contributed by atoms with Gasteiger partial charge in [0.25, 0.3) is 0 Å². The van der Waals surface area contributed by atoms with Crippen molar-refractivity contribution >= 4 is 24.4 Å². The van der Waals surface area contributed by atoms with Crippen molar-refractivity contribution in [3.8, 4) is 5.69 Å². The van der Waals surface area contributed by atoms with Gasteiger partial charge in [0.1, 0.15) is 0 Å². The van der Waals surface area contributed by atoms with Gasteiger partial charge in [-0.15, -0.1) is 0 Å². The number of aryl methyl sites for hydroxylation is 1. The molecule has 0 atom stereocenters. The molecule has 5 heteroatoms. The Balaban J connectivity index is 2.24. The number of hydrogen-bond acceptors (Lipinski definition) is 2. The maximum atomic E-state index is 5.55. The second-order valence-electron chi connectivity index (χ2n) is 4.69. The van der Waals surface area contributed by atoms with Crippen LogP contribution in [0.25, 0.3) is 5.69 Å². The van der Waals surface area contributed by atoms with Gasteiger partial charge < -0.3 is 0 Å². The number of fused-ring (bicyclic) bond motifs is 1. The minimum absolute atomic E-state index is 0.809. The molecule has 0 saturated heterocycles. The molecule has 0 spiro atoms. The minimum Gasteiger partial charge on any atom is -0.261 e. The van der Waals surface area contributed by atoms with Gasteiger partial charge in [0, 0.05) is 13.1 Å². The van der Waals surface area contributed by atoms with Crippen molar-refractivity contribution in [2.75, 3.05) is 0 Å². The van der Waals surface area contributed by atoms with E-state index in [1.807, 2.05) is 4.57 Å². The Morgan fingerprint density at radius 3 is 1.89 bits per heavy atom. The SMILES string of the molecule is Cc1ccc(-n2c(=S)n3n(c2=S)CCCC3)cc1. The third-order valence-electron chi connectivity index (χ3n) is 3.40. The summed E-state index contributed by atoms with van der Waals surface area (Å²) in [5.74, 6) is 0. The maximum Gasteiger partial charge on any atom is 0.201 e. The van der Waals surface area contributed by atoms with Gasteiger partial charge in [-0.25, -0.2) is 0 Å². The fourth-order valence-electron chi connectivity index (χ4n) is 2.39. The molecular formula is C13H15N3S2. The van der Waals surface area contributed by atoms with Gasteiger partial charge in [0.05, 0.1) is 5.69 Å². The lowest BCUT2D eigenvalue weighted by Gasteiger charge is -2.15. The second kappa shape index (κ2) is 4.48. The Kier molecular flexibility index (Phi) is 2.95. The maximum absolute atomic E-state index is 5.55. The van der Waals surface area contributed by atoms with Crippen LogP contribution in [-0.2, 0) is 13.1 Å². The summed E-state index contributed by atoms with van der Waals surface area (Å²) in [6.07, 6.45) is 2.36. The molecule has 0 fully saturated rings. The topological polar surface area (TPSA) is 14.8 Å². The molecule has 3 nitrogen and oxygen atoms in total. The van der Waals surface area contributed by atoms with Crippen molar-refractivity contribution in [2.24, 2.45) is 0 Å². The summed E-state index contributed by atoms with van der Waals surface area (Å²) in [7, 11) is 0. The molecule has 1 aromatic carbocycles. The number of rotatable bonds is 1. The van der Waals surface area contributed by atoms with Crippen LogP contribution in [0, 0.1) is 16.5 Å². The average Bonchev–Trinajstić information content (AvgIpc) is 2.64. The highest BCUT2D eigenvalue weighted by atomic mass is 32.1. The lowest BCUT2D eigenvalue weighted by Crippen LogP contribution is -2.18. The van der Waals surface area contributed by atoms with Crippen molar-refractivity contribution in [2.45, 2.75) is 32.9 Å². The lowest BCUT2D eigenvalue weighted by molar-refractivity contribution is 0.357. The Bertz CT molecular complexity index is 651. The van der Waals surface area contributed by atoms with E-state index in [2.05, 4.69) is 40.6 Å². The van der Waals surface area contributed by atoms with Gasteiger partial charge in [-0.1, -0.05) is 17.7 Å². The van der Waals surface area contributed by atoms with E-state index in [0.717, 1.165) is 28.3 Å². The molecule has 0 saturated carbocycles. The Morgan fingerprint density at radius 1 is 0.889 bits per heavy atom. The molecule has 1 aliphatic heterocycles. The molecule has 0 unspecified atom stereocenters. The van der Waals surface area contributed by atoms with Crippen LogP contribution in [0.4, 0.5) is 0 Å². The first-order valence-electron chi connectivity index (χ1n) is 6.18. The smallest absolute Gasteiger partial charge is 0.201 e. The number of nitrogens with zero attached hydrogens (tertiary/aromatic N) is 3. The zero-order valence-electron chi connectivity index (χ0n) is 10.3. The van der Waals surface area contributed by atoms with Crippen molar-refractivity contribution in [3.63, 3.8) is 0 Å². The van der Waals surface area contributed by atoms with Crippen LogP contribution in [-0.4, -0.2) is 13.9 Å². The van der Waals surface area contributed by atoms with E-state index in [-0.39, 0.29) is 0 Å². The van der Waals surface area contributed by atoms with E-state index in [1.165, 1.54) is 18.4 Å². The third-order valence-corrected chi connectivity index (χ3v) is 4.18. The number of hydrogen-bond donors (Lipinski definition) is 0. The number of aromatic nitrogens is 3. The zero-order valence-corrected chi connectivity index (χ0v) is 11.9. The van der Waals surface area contributed by atoms with Crippen LogP contribution >= 0.6 is 24.4 Å². The van der Waals surface area contributed by atoms with Crippen LogP contribution < -0.4 is 0 Å². The molecule has 0 N–H and O–H groups in total. The fourth-order valence-corrected chi connectivity index (χ4v) is 3.21. The Labute approximate surface area is 116 Å². The van der Waals surface area contributed by atoms with Crippen molar-refractivity contribution in [1.82, 2.24) is 13.9 Å². The third kappa shape index (κ3) is 1.78. The lowest BCUT2D eigenvalue weighted by atomic mass is 10.2. The van der Waals surface area contributed by atoms with E-state index in [4.69, 9.17) is 24.4 Å². The minimum atomic E-state index is 0.809. The highest BCUT2D eigenvalue weighted by Gasteiger charge is 2.14. The van der Waals surface area contributed by atoms with Crippen molar-refractivity contribution < 1.29 is 0 Å². The second-order valence-corrected chi connectivity index (χ2v) is 5.42. The molecule has 1 aliphatic rings. The zero-order chi connectivity index (χ0) is 12.7. The van der Waals surface area contributed by atoms with E-state index >= 15 is 0 Å². The van der Waals surface area contributed by atoms with Gasteiger partial charge in [-0.3, -0.25) is 13.9 Å². The normalized spacial score (nSPS) is 14.5. The van der Waals surface area contributed by atoms with Gasteiger partial charge in [0.2, 0.25) is 9.54 Å². The summed E-state index contributed by atoms with van der Waals surface area (Å²) >= 11 is 11.1. The molecule has 0 amide bonds. The average molecular weight is 277 g/mol. The van der Waals surface area contributed by atoms with Crippen LogP contribution in [0.3, 0.4) is 0 Å². The summed E-state index contributed by atoms with van der Waals surface area (Å²) in [5.41, 5.74) is 2.30. The fraction of sp³-hybridized carbons (Fsp3) is 0.385. The first-order chi connectivity index (χ1) is 8.68. The first kappa shape index (κ1) is 11.9. The standard InChI is InChI=1S/C13H15N3S2/c1-10-4-6-11(7-5-10)16-12(17)14-8-2-3-9-15(14)13(16)18/h4-7H,2-3,8-9H2,1H3. The van der Waals surface area contributed by atoms with Gasteiger partial charge >= 0.3 is 0 Å².